The summed E-state index contributed by atoms with van der Waals surface area (Å²) in [7, 11) is 0. The third-order valence-electron chi connectivity index (χ3n) is 1.09. The smallest absolute Gasteiger partial charge is 0.270 e. The first-order chi connectivity index (χ1) is 6.40. The van der Waals surface area contributed by atoms with Crippen molar-refractivity contribution in [2.24, 2.45) is 0 Å². The molecule has 0 aromatic carbocycles. The lowest BCUT2D eigenvalue weighted by Crippen LogP contribution is -2.19. The topological polar surface area (TPSA) is 42.0 Å². The Labute approximate surface area is 77.2 Å². The van der Waals surface area contributed by atoms with E-state index in [1.807, 2.05) is 5.32 Å². The molecule has 0 radical (unpaired) electrons. The maximum absolute atomic E-state index is 11.3. The number of carbonyl (C=O) groups is 1. The zero-order chi connectivity index (χ0) is 10.8. The maximum atomic E-state index is 11.3. The van der Waals surface area contributed by atoms with Crippen LogP contribution in [0.5, 0.6) is 0 Å². The molecule has 3 nitrogen and oxygen atoms in total. The van der Waals surface area contributed by atoms with E-state index in [-0.39, 0.29) is 5.69 Å². The zero-order valence-electron chi connectivity index (χ0n) is 8.47. The first-order valence-electron chi connectivity index (χ1n) is 4.33. The highest BCUT2D eigenvalue weighted by molar-refractivity contribution is 9.10. The van der Waals surface area contributed by atoms with Gasteiger partial charge in [-0.15, -0.1) is 0 Å². The minimum atomic E-state index is -2.49. The number of hydrogen-bond donors (Lipinski definition) is 1. The molecule has 4 heteroatoms. The highest BCUT2D eigenvalue weighted by atomic mass is 79.9. The highest BCUT2D eigenvalue weighted by Gasteiger charge is 2.07. The van der Waals surface area contributed by atoms with E-state index in [4.69, 9.17) is 4.11 Å². The van der Waals surface area contributed by atoms with Gasteiger partial charge in [-0.25, -0.2) is 4.98 Å². The molecule has 0 aliphatic rings. The van der Waals surface area contributed by atoms with E-state index in [1.54, 1.807) is 12.1 Å². The lowest BCUT2D eigenvalue weighted by Gasteiger charge is -1.99. The monoisotopic (exact) mass is 217 g/mol. The Morgan fingerprint density at radius 1 is 1.91 bits per heavy atom. The standard InChI is InChI=1S/C7H7BrN2O/c1-9-7(11)6-5(8)3-2-4-10-6/h2-4H,1H3,(H,9,11)/i1D3. The molecule has 0 fully saturated rings. The van der Waals surface area contributed by atoms with Crippen molar-refractivity contribution in [3.63, 3.8) is 0 Å². The Morgan fingerprint density at radius 2 is 2.73 bits per heavy atom. The number of rotatable bonds is 1. The minimum Gasteiger partial charge on any atom is -0.354 e. The summed E-state index contributed by atoms with van der Waals surface area (Å²) >= 11 is 3.10. The molecular formula is C7H7BrN2O. The van der Waals surface area contributed by atoms with Gasteiger partial charge in [-0.1, -0.05) is 0 Å². The molecule has 1 N–H and O–H groups in total. The molecular weight excluding hydrogens is 208 g/mol. The summed E-state index contributed by atoms with van der Waals surface area (Å²) in [4.78, 5) is 15.1. The third-order valence-corrected chi connectivity index (χ3v) is 1.73. The zero-order valence-corrected chi connectivity index (χ0v) is 7.05. The molecule has 1 aromatic heterocycles. The number of nitrogens with one attached hydrogen (secondary N) is 1. The van der Waals surface area contributed by atoms with Crippen LogP contribution in [0.1, 0.15) is 14.6 Å². The van der Waals surface area contributed by atoms with Gasteiger partial charge in [0.1, 0.15) is 5.69 Å². The van der Waals surface area contributed by atoms with Gasteiger partial charge in [0, 0.05) is 21.8 Å². The van der Waals surface area contributed by atoms with Gasteiger partial charge in [-0.05, 0) is 28.1 Å². The molecule has 11 heavy (non-hydrogen) atoms. The van der Waals surface area contributed by atoms with Crippen LogP contribution >= 0.6 is 15.9 Å². The summed E-state index contributed by atoms with van der Waals surface area (Å²) in [5.41, 5.74) is 0.0589. The molecule has 0 aliphatic carbocycles. The van der Waals surface area contributed by atoms with Gasteiger partial charge < -0.3 is 5.32 Å². The van der Waals surface area contributed by atoms with Crippen LogP contribution in [0.3, 0.4) is 0 Å². The molecule has 0 unspecified atom stereocenters. The molecule has 1 heterocycles. The van der Waals surface area contributed by atoms with Gasteiger partial charge >= 0.3 is 0 Å². The predicted molar refractivity (Wildman–Crippen MR) is 45.3 cm³/mol. The van der Waals surface area contributed by atoms with Crippen molar-refractivity contribution in [1.29, 1.82) is 0 Å². The minimum absolute atomic E-state index is 0.0589. The fourth-order valence-corrected chi connectivity index (χ4v) is 1.05. The summed E-state index contributed by atoms with van der Waals surface area (Å²) in [6.45, 7) is -2.49. The van der Waals surface area contributed by atoms with E-state index >= 15 is 0 Å². The van der Waals surface area contributed by atoms with Crippen LogP contribution in [0.25, 0.3) is 0 Å². The Kier molecular flexibility index (Phi) is 1.54. The summed E-state index contributed by atoms with van der Waals surface area (Å²) in [5.74, 6) is -0.725. The number of halogens is 1. The number of aromatic nitrogens is 1. The quantitative estimate of drug-likeness (QED) is 0.769. The van der Waals surface area contributed by atoms with Gasteiger partial charge in [0.05, 0.1) is 0 Å². The van der Waals surface area contributed by atoms with Crippen LogP contribution in [-0.2, 0) is 0 Å². The first kappa shape index (κ1) is 4.87. The normalized spacial score (nSPS) is 14.5. The summed E-state index contributed by atoms with van der Waals surface area (Å²) < 4.78 is 21.0. The molecule has 0 aliphatic heterocycles. The second kappa shape index (κ2) is 3.48. The number of nitrogens with zero attached hydrogens (tertiary/aromatic N) is 1. The van der Waals surface area contributed by atoms with Crippen LogP contribution in [0.2, 0.25) is 0 Å². The van der Waals surface area contributed by atoms with Crippen molar-refractivity contribution < 1.29 is 8.91 Å². The van der Waals surface area contributed by atoms with E-state index < -0.39 is 12.9 Å². The van der Waals surface area contributed by atoms with Gasteiger partial charge in [0.2, 0.25) is 0 Å². The fourth-order valence-electron chi connectivity index (χ4n) is 0.612. The van der Waals surface area contributed by atoms with Crippen LogP contribution < -0.4 is 5.32 Å². The van der Waals surface area contributed by atoms with Crippen molar-refractivity contribution in [2.75, 3.05) is 6.98 Å². The van der Waals surface area contributed by atoms with Crippen LogP contribution in [0.15, 0.2) is 22.8 Å². The fraction of sp³-hybridized carbons (Fsp3) is 0.143. The number of hydrogen-bond acceptors (Lipinski definition) is 2. The second-order valence-electron chi connectivity index (χ2n) is 1.79. The van der Waals surface area contributed by atoms with E-state index in [0.29, 0.717) is 4.47 Å². The molecule has 1 aromatic rings. The Hall–Kier alpha value is -0.900. The van der Waals surface area contributed by atoms with Crippen molar-refractivity contribution in [1.82, 2.24) is 10.3 Å². The molecule has 0 spiro atoms. The molecule has 0 bridgehead atoms. The summed E-state index contributed by atoms with van der Waals surface area (Å²) in [6.07, 6.45) is 1.42. The van der Waals surface area contributed by atoms with Crippen molar-refractivity contribution in [3.05, 3.63) is 28.5 Å². The van der Waals surface area contributed by atoms with Crippen LogP contribution in [0, 0.1) is 0 Å². The lowest BCUT2D eigenvalue weighted by atomic mass is 10.3. The van der Waals surface area contributed by atoms with Crippen molar-refractivity contribution in [3.8, 4) is 0 Å². The van der Waals surface area contributed by atoms with Crippen LogP contribution in [-0.4, -0.2) is 17.9 Å². The van der Waals surface area contributed by atoms with Crippen molar-refractivity contribution in [2.45, 2.75) is 0 Å². The van der Waals surface area contributed by atoms with E-state index in [0.717, 1.165) is 0 Å². The van der Waals surface area contributed by atoms with Gasteiger partial charge in [0.25, 0.3) is 5.91 Å². The molecule has 1 rings (SSSR count). The number of pyridine rings is 1. The Bertz CT molecular complexity index is 353. The summed E-state index contributed by atoms with van der Waals surface area (Å²) in [6, 6.07) is 3.25. The van der Waals surface area contributed by atoms with Crippen LogP contribution in [0.4, 0.5) is 0 Å². The maximum Gasteiger partial charge on any atom is 0.270 e. The largest absolute Gasteiger partial charge is 0.354 e. The second-order valence-corrected chi connectivity index (χ2v) is 2.64. The molecule has 1 amide bonds. The average Bonchev–Trinajstić information content (AvgIpc) is 2.01. The first-order valence-corrected chi connectivity index (χ1v) is 3.62. The average molecular weight is 218 g/mol. The predicted octanol–water partition coefficient (Wildman–Crippen LogP) is 1.20. The Morgan fingerprint density at radius 3 is 3.36 bits per heavy atom. The van der Waals surface area contributed by atoms with E-state index in [2.05, 4.69) is 20.9 Å². The molecule has 58 valence electrons. The van der Waals surface area contributed by atoms with E-state index in [1.165, 1.54) is 6.20 Å². The van der Waals surface area contributed by atoms with E-state index in [9.17, 15) is 4.79 Å². The van der Waals surface area contributed by atoms with Gasteiger partial charge in [-0.3, -0.25) is 4.79 Å². The number of carbonyl (C=O) groups excluding carboxylic acids is 1. The SMILES string of the molecule is [2H]C([2H])([2H])NC(=O)c1ncccc1Br. The third kappa shape index (κ3) is 1.77. The molecule has 0 saturated carbocycles. The highest BCUT2D eigenvalue weighted by Crippen LogP contribution is 2.12. The lowest BCUT2D eigenvalue weighted by molar-refractivity contribution is 0.0957. The molecule has 0 saturated heterocycles. The molecule has 0 atom stereocenters. The Balaban J connectivity index is 2.86. The van der Waals surface area contributed by atoms with Gasteiger partial charge in [-0.2, -0.15) is 0 Å². The van der Waals surface area contributed by atoms with Gasteiger partial charge in [0.15, 0.2) is 0 Å². The van der Waals surface area contributed by atoms with Crippen molar-refractivity contribution >= 4 is 21.8 Å². The number of amides is 1. The summed E-state index contributed by atoms with van der Waals surface area (Å²) in [5, 5.41) is 1.84.